The highest BCUT2D eigenvalue weighted by atomic mass is 32.2. The Morgan fingerprint density at radius 2 is 2.13 bits per heavy atom. The largest absolute Gasteiger partial charge is 0.508 e. The Morgan fingerprint density at radius 1 is 1.43 bits per heavy atom. The van der Waals surface area contributed by atoms with Gasteiger partial charge in [-0.2, -0.15) is 0 Å². The maximum absolute atomic E-state index is 13.7. The number of halogens is 1. The van der Waals surface area contributed by atoms with Crippen molar-refractivity contribution in [2.45, 2.75) is 6.04 Å². The van der Waals surface area contributed by atoms with E-state index in [4.69, 9.17) is 4.74 Å². The molecule has 1 aliphatic heterocycles. The Bertz CT molecular complexity index is 692. The molecule has 0 saturated carbocycles. The molecule has 7 nitrogen and oxygen atoms in total. The molecule has 1 amide bonds. The lowest BCUT2D eigenvalue weighted by Crippen LogP contribution is -2.43. The lowest BCUT2D eigenvalue weighted by atomic mass is 10.1. The van der Waals surface area contributed by atoms with Crippen LogP contribution in [0.4, 0.5) is 4.39 Å². The summed E-state index contributed by atoms with van der Waals surface area (Å²) in [5.41, 5.74) is -0.300. The van der Waals surface area contributed by atoms with Crippen molar-refractivity contribution in [2.75, 3.05) is 33.1 Å². The van der Waals surface area contributed by atoms with E-state index in [2.05, 4.69) is 5.32 Å². The molecule has 1 aromatic carbocycles. The zero-order chi connectivity index (χ0) is 17.2. The van der Waals surface area contributed by atoms with Crippen LogP contribution in [0.5, 0.6) is 5.75 Å². The number of rotatable bonds is 5. The maximum Gasteiger partial charge on any atom is 0.254 e. The minimum absolute atomic E-state index is 0.153. The van der Waals surface area contributed by atoms with Gasteiger partial charge < -0.3 is 15.2 Å². The van der Waals surface area contributed by atoms with Crippen LogP contribution >= 0.6 is 0 Å². The fraction of sp³-hybridized carbons (Fsp3) is 0.500. The van der Waals surface area contributed by atoms with E-state index in [-0.39, 0.29) is 30.3 Å². The van der Waals surface area contributed by atoms with Crippen molar-refractivity contribution in [3.8, 4) is 5.75 Å². The monoisotopic (exact) mass is 346 g/mol. The predicted octanol–water partition coefficient (Wildman–Crippen LogP) is 0.168. The number of hydrogen-bond donors (Lipinski definition) is 2. The van der Waals surface area contributed by atoms with Crippen LogP contribution in [0.15, 0.2) is 18.2 Å². The summed E-state index contributed by atoms with van der Waals surface area (Å²) < 4.78 is 43.9. The Kier molecular flexibility index (Phi) is 5.23. The summed E-state index contributed by atoms with van der Waals surface area (Å²) in [6, 6.07) is 2.60. The summed E-state index contributed by atoms with van der Waals surface area (Å²) in [5.74, 6) is -2.32. The van der Waals surface area contributed by atoms with Gasteiger partial charge in [0.15, 0.2) is 0 Å². The van der Waals surface area contributed by atoms with Crippen molar-refractivity contribution < 1.29 is 27.4 Å². The molecule has 1 heterocycles. The van der Waals surface area contributed by atoms with Crippen molar-refractivity contribution in [1.29, 1.82) is 0 Å². The van der Waals surface area contributed by atoms with Gasteiger partial charge in [-0.25, -0.2) is 17.1 Å². The van der Waals surface area contributed by atoms with Crippen LogP contribution in [0.3, 0.4) is 0 Å². The van der Waals surface area contributed by atoms with Crippen molar-refractivity contribution >= 4 is 15.9 Å². The van der Waals surface area contributed by atoms with E-state index >= 15 is 0 Å². The van der Waals surface area contributed by atoms with E-state index in [9.17, 15) is 22.7 Å². The molecule has 128 valence electrons. The molecular weight excluding hydrogens is 327 g/mol. The highest BCUT2D eigenvalue weighted by Crippen LogP contribution is 2.19. The first kappa shape index (κ1) is 17.6. The first-order chi connectivity index (χ1) is 10.7. The fourth-order valence-electron chi connectivity index (χ4n) is 2.28. The highest BCUT2D eigenvalue weighted by Gasteiger charge is 2.34. The number of nitrogens with zero attached hydrogens (tertiary/aromatic N) is 1. The zero-order valence-electron chi connectivity index (χ0n) is 12.8. The number of phenols is 1. The van der Waals surface area contributed by atoms with Gasteiger partial charge in [0.25, 0.3) is 5.91 Å². The topological polar surface area (TPSA) is 95.9 Å². The summed E-state index contributed by atoms with van der Waals surface area (Å²) in [6.45, 7) is 0.348. The molecule has 1 saturated heterocycles. The summed E-state index contributed by atoms with van der Waals surface area (Å²) >= 11 is 0. The summed E-state index contributed by atoms with van der Waals surface area (Å²) in [5, 5.41) is 11.9. The molecule has 1 aromatic rings. The molecule has 0 radical (unpaired) electrons. The molecule has 2 rings (SSSR count). The molecule has 1 aliphatic rings. The minimum Gasteiger partial charge on any atom is -0.508 e. The molecule has 9 heteroatoms. The summed E-state index contributed by atoms with van der Waals surface area (Å²) in [4.78, 5) is 12.1. The number of sulfonamides is 1. The number of carbonyl (C=O) groups is 1. The zero-order valence-corrected chi connectivity index (χ0v) is 13.6. The Morgan fingerprint density at radius 3 is 2.78 bits per heavy atom. The van der Waals surface area contributed by atoms with E-state index in [0.29, 0.717) is 0 Å². The van der Waals surface area contributed by atoms with E-state index in [1.54, 1.807) is 0 Å². The van der Waals surface area contributed by atoms with Crippen molar-refractivity contribution in [1.82, 2.24) is 9.62 Å². The fourth-order valence-corrected chi connectivity index (χ4v) is 3.44. The SMILES string of the molecule is CN(C)S(=O)(=O)C[C@@H]1COC[C@@H]1NC(=O)c1cc(O)ccc1F. The number of hydrogen-bond acceptors (Lipinski definition) is 5. The number of benzene rings is 1. The van der Waals surface area contributed by atoms with E-state index in [1.165, 1.54) is 14.1 Å². The van der Waals surface area contributed by atoms with Gasteiger partial charge in [0.1, 0.15) is 11.6 Å². The van der Waals surface area contributed by atoms with Gasteiger partial charge in [-0.3, -0.25) is 4.79 Å². The van der Waals surface area contributed by atoms with Gasteiger partial charge in [-0.1, -0.05) is 0 Å². The van der Waals surface area contributed by atoms with Crippen LogP contribution in [0, 0.1) is 11.7 Å². The highest BCUT2D eigenvalue weighted by molar-refractivity contribution is 7.89. The van der Waals surface area contributed by atoms with Crippen molar-refractivity contribution in [3.05, 3.63) is 29.6 Å². The summed E-state index contributed by atoms with van der Waals surface area (Å²) in [7, 11) is -0.579. The predicted molar refractivity (Wildman–Crippen MR) is 81.1 cm³/mol. The lowest BCUT2D eigenvalue weighted by molar-refractivity contribution is 0.0921. The average Bonchev–Trinajstić information content (AvgIpc) is 2.87. The van der Waals surface area contributed by atoms with Gasteiger partial charge in [-0.05, 0) is 18.2 Å². The molecule has 0 bridgehead atoms. The number of nitrogens with one attached hydrogen (secondary N) is 1. The van der Waals surface area contributed by atoms with E-state index in [1.807, 2.05) is 0 Å². The number of aromatic hydroxyl groups is 1. The minimum atomic E-state index is -3.44. The molecule has 23 heavy (non-hydrogen) atoms. The average molecular weight is 346 g/mol. The standard InChI is InChI=1S/C14H19FN2O5S/c1-17(2)23(20,21)8-9-6-22-7-13(9)16-14(19)11-5-10(18)3-4-12(11)15/h3-5,9,13,18H,6-8H2,1-2H3,(H,16,19)/t9-,13-/m0/s1. The van der Waals surface area contributed by atoms with Gasteiger partial charge >= 0.3 is 0 Å². The molecular formula is C14H19FN2O5S. The number of amides is 1. The summed E-state index contributed by atoms with van der Waals surface area (Å²) in [6.07, 6.45) is 0. The van der Waals surface area contributed by atoms with Crippen LogP contribution in [0.1, 0.15) is 10.4 Å². The van der Waals surface area contributed by atoms with Crippen LogP contribution in [-0.4, -0.2) is 62.8 Å². The molecule has 2 N–H and O–H groups in total. The lowest BCUT2D eigenvalue weighted by Gasteiger charge is -2.21. The third-order valence-corrected chi connectivity index (χ3v) is 5.65. The van der Waals surface area contributed by atoms with E-state index < -0.39 is 33.7 Å². The van der Waals surface area contributed by atoms with Gasteiger partial charge in [0.05, 0.1) is 30.6 Å². The Labute approximate surface area is 134 Å². The Balaban J connectivity index is 2.09. The second-order valence-corrected chi connectivity index (χ2v) is 7.83. The van der Waals surface area contributed by atoms with Crippen molar-refractivity contribution in [2.24, 2.45) is 5.92 Å². The third kappa shape index (κ3) is 4.18. The van der Waals surface area contributed by atoms with Gasteiger partial charge in [0, 0.05) is 20.0 Å². The number of carbonyl (C=O) groups excluding carboxylic acids is 1. The van der Waals surface area contributed by atoms with Crippen LogP contribution in [0.2, 0.25) is 0 Å². The quantitative estimate of drug-likeness (QED) is 0.792. The molecule has 0 aromatic heterocycles. The van der Waals surface area contributed by atoms with Crippen molar-refractivity contribution in [3.63, 3.8) is 0 Å². The number of phenolic OH excluding ortho intramolecular Hbond substituents is 1. The molecule has 0 unspecified atom stereocenters. The second-order valence-electron chi connectivity index (χ2n) is 5.60. The molecule has 1 fully saturated rings. The maximum atomic E-state index is 13.7. The van der Waals surface area contributed by atoms with E-state index in [0.717, 1.165) is 22.5 Å². The third-order valence-electron chi connectivity index (χ3n) is 3.69. The van der Waals surface area contributed by atoms with Gasteiger partial charge in [0.2, 0.25) is 10.0 Å². The van der Waals surface area contributed by atoms with Crippen LogP contribution in [0.25, 0.3) is 0 Å². The van der Waals surface area contributed by atoms with Crippen LogP contribution in [-0.2, 0) is 14.8 Å². The smallest absolute Gasteiger partial charge is 0.254 e. The Hall–Kier alpha value is -1.71. The van der Waals surface area contributed by atoms with Crippen LogP contribution < -0.4 is 5.32 Å². The molecule has 0 aliphatic carbocycles. The molecule has 0 spiro atoms. The first-order valence-corrected chi connectivity index (χ1v) is 8.59. The second kappa shape index (κ2) is 6.81. The first-order valence-electron chi connectivity index (χ1n) is 6.98. The molecule has 2 atom stereocenters. The normalized spacial score (nSPS) is 21.6. The van der Waals surface area contributed by atoms with Gasteiger partial charge in [-0.15, -0.1) is 0 Å². The number of ether oxygens (including phenoxy) is 1.